The fraction of sp³-hybridized carbons (Fsp3) is 0.188. The zero-order chi connectivity index (χ0) is 16.9. The maximum Gasteiger partial charge on any atom is 0.330 e. The first-order valence-electron chi connectivity index (χ1n) is 7.04. The molecular formula is C16H14N2O5S. The number of carbonyl (C=O) groups is 2. The van der Waals surface area contributed by atoms with Crippen LogP contribution in [-0.2, 0) is 14.3 Å². The van der Waals surface area contributed by atoms with Crippen LogP contribution in [-0.4, -0.2) is 36.7 Å². The van der Waals surface area contributed by atoms with Crippen LogP contribution in [0.1, 0.15) is 5.56 Å². The van der Waals surface area contributed by atoms with Crippen molar-refractivity contribution in [1.82, 2.24) is 5.32 Å². The molecular weight excluding hydrogens is 332 g/mol. The van der Waals surface area contributed by atoms with Crippen LogP contribution in [0.2, 0.25) is 0 Å². The molecule has 0 aliphatic carbocycles. The van der Waals surface area contributed by atoms with Crippen LogP contribution in [0.15, 0.2) is 41.0 Å². The molecule has 2 heterocycles. The Bertz CT molecular complexity index is 770. The topological polar surface area (TPSA) is 86.2 Å². The molecule has 0 atom stereocenters. The first-order valence-corrected chi connectivity index (χ1v) is 8.03. The van der Waals surface area contributed by atoms with E-state index in [1.165, 1.54) is 24.9 Å². The number of rotatable bonds is 4. The average molecular weight is 346 g/mol. The monoisotopic (exact) mass is 346 g/mol. The lowest BCUT2D eigenvalue weighted by Crippen LogP contribution is -2.21. The third kappa shape index (κ3) is 3.77. The van der Waals surface area contributed by atoms with Crippen LogP contribution < -0.4 is 14.8 Å². The van der Waals surface area contributed by atoms with Crippen LogP contribution in [0.5, 0.6) is 11.5 Å². The Morgan fingerprint density at radius 1 is 1.42 bits per heavy atom. The van der Waals surface area contributed by atoms with Crippen molar-refractivity contribution in [2.45, 2.75) is 0 Å². The highest BCUT2D eigenvalue weighted by Crippen LogP contribution is 2.33. The Labute approximate surface area is 142 Å². The quantitative estimate of drug-likeness (QED) is 0.660. The van der Waals surface area contributed by atoms with Gasteiger partial charge in [0, 0.05) is 11.8 Å². The number of methoxy groups -OCH3 is 1. The predicted octanol–water partition coefficient (Wildman–Crippen LogP) is 1.70. The van der Waals surface area contributed by atoms with Gasteiger partial charge in [-0.15, -0.1) is 0 Å². The summed E-state index contributed by atoms with van der Waals surface area (Å²) in [7, 11) is 1.31. The Kier molecular flexibility index (Phi) is 4.85. The van der Waals surface area contributed by atoms with Crippen molar-refractivity contribution in [2.75, 3.05) is 19.7 Å². The fourth-order valence-electron chi connectivity index (χ4n) is 2.02. The molecule has 8 heteroatoms. The van der Waals surface area contributed by atoms with Gasteiger partial charge >= 0.3 is 5.97 Å². The van der Waals surface area contributed by atoms with Gasteiger partial charge in [-0.05, 0) is 23.8 Å². The van der Waals surface area contributed by atoms with Gasteiger partial charge in [0.05, 0.1) is 7.11 Å². The van der Waals surface area contributed by atoms with Crippen molar-refractivity contribution in [3.8, 4) is 11.5 Å². The molecule has 0 unspecified atom stereocenters. The Morgan fingerprint density at radius 3 is 3.08 bits per heavy atom. The highest BCUT2D eigenvalue weighted by atomic mass is 32.2. The van der Waals surface area contributed by atoms with E-state index in [1.807, 2.05) is 6.07 Å². The van der Waals surface area contributed by atoms with E-state index in [9.17, 15) is 9.59 Å². The van der Waals surface area contributed by atoms with Gasteiger partial charge in [-0.25, -0.2) is 9.79 Å². The molecule has 2 aliphatic rings. The zero-order valence-electron chi connectivity index (χ0n) is 12.8. The molecule has 1 aromatic rings. The third-order valence-electron chi connectivity index (χ3n) is 3.15. The van der Waals surface area contributed by atoms with E-state index in [1.54, 1.807) is 24.3 Å². The molecule has 0 saturated carbocycles. The van der Waals surface area contributed by atoms with E-state index in [0.29, 0.717) is 28.1 Å². The number of hydrogen-bond donors (Lipinski definition) is 1. The summed E-state index contributed by atoms with van der Waals surface area (Å²) in [4.78, 5) is 27.2. The molecule has 7 nitrogen and oxygen atoms in total. The van der Waals surface area contributed by atoms with Gasteiger partial charge < -0.3 is 14.2 Å². The summed E-state index contributed by atoms with van der Waals surface area (Å²) in [5, 5.41) is 3.17. The van der Waals surface area contributed by atoms with Crippen LogP contribution in [0.25, 0.3) is 6.08 Å². The van der Waals surface area contributed by atoms with Gasteiger partial charge in [-0.1, -0.05) is 23.9 Å². The van der Waals surface area contributed by atoms with E-state index in [-0.39, 0.29) is 12.7 Å². The smallest absolute Gasteiger partial charge is 0.330 e. The minimum absolute atomic E-state index is 0.202. The maximum absolute atomic E-state index is 12.0. The highest BCUT2D eigenvalue weighted by molar-refractivity contribution is 8.14. The lowest BCUT2D eigenvalue weighted by Gasteiger charge is -1.98. The maximum atomic E-state index is 12.0. The number of ether oxygens (including phenoxy) is 3. The lowest BCUT2D eigenvalue weighted by atomic mass is 10.1. The number of nitrogens with one attached hydrogen (secondary N) is 1. The number of thioether (sulfide) groups is 1. The molecule has 1 aromatic carbocycles. The van der Waals surface area contributed by atoms with Crippen molar-refractivity contribution in [2.24, 2.45) is 4.99 Å². The van der Waals surface area contributed by atoms with Crippen molar-refractivity contribution in [3.63, 3.8) is 0 Å². The molecule has 0 spiro atoms. The van der Waals surface area contributed by atoms with Crippen LogP contribution in [0, 0.1) is 0 Å². The summed E-state index contributed by atoms with van der Waals surface area (Å²) >= 11 is 1.31. The number of hydrogen-bond acceptors (Lipinski definition) is 7. The molecule has 0 bridgehead atoms. The van der Waals surface area contributed by atoms with Gasteiger partial charge in [0.1, 0.15) is 5.70 Å². The molecule has 124 valence electrons. The van der Waals surface area contributed by atoms with Gasteiger partial charge in [-0.3, -0.25) is 10.1 Å². The first kappa shape index (κ1) is 16.1. The van der Waals surface area contributed by atoms with E-state index in [2.05, 4.69) is 15.0 Å². The number of carbonyl (C=O) groups excluding carboxylic acids is 2. The number of nitrogens with zero attached hydrogens (tertiary/aromatic N) is 1. The van der Waals surface area contributed by atoms with Crippen molar-refractivity contribution in [1.29, 1.82) is 0 Å². The lowest BCUT2D eigenvalue weighted by molar-refractivity contribution is -0.134. The standard InChI is InChI=1S/C16H14N2O5S/c1-21-14(19)3-2-6-24-16-17-11(15(20)18-16)7-10-4-5-12-13(8-10)23-9-22-12/h2-5,7-8H,6,9H2,1H3,(H,17,18,20). The number of esters is 1. The fourth-order valence-corrected chi connectivity index (χ4v) is 2.69. The second-order valence-electron chi connectivity index (χ2n) is 4.75. The van der Waals surface area contributed by atoms with Gasteiger partial charge in [0.25, 0.3) is 5.91 Å². The van der Waals surface area contributed by atoms with Gasteiger partial charge in [0.2, 0.25) is 6.79 Å². The first-order chi connectivity index (χ1) is 11.7. The minimum Gasteiger partial charge on any atom is -0.466 e. The zero-order valence-corrected chi connectivity index (χ0v) is 13.6. The van der Waals surface area contributed by atoms with Gasteiger partial charge in [0.15, 0.2) is 16.7 Å². The molecule has 2 aliphatic heterocycles. The predicted molar refractivity (Wildman–Crippen MR) is 89.7 cm³/mol. The van der Waals surface area contributed by atoms with Crippen molar-refractivity contribution < 1.29 is 23.8 Å². The second-order valence-corrected chi connectivity index (χ2v) is 5.76. The number of benzene rings is 1. The summed E-state index contributed by atoms with van der Waals surface area (Å²) < 4.78 is 15.0. The van der Waals surface area contributed by atoms with Crippen LogP contribution in [0.3, 0.4) is 0 Å². The number of fused-ring (bicyclic) bond motifs is 1. The normalized spacial score (nSPS) is 17.3. The third-order valence-corrected chi connectivity index (χ3v) is 3.97. The summed E-state index contributed by atoms with van der Waals surface area (Å²) in [6, 6.07) is 5.41. The molecule has 0 radical (unpaired) electrons. The van der Waals surface area contributed by atoms with Crippen LogP contribution in [0.4, 0.5) is 0 Å². The SMILES string of the molecule is COC(=O)C=CCSC1=NC(=Cc2ccc3c(c2)OCO3)C(=O)N1. The average Bonchev–Trinajstić information content (AvgIpc) is 3.18. The molecule has 3 rings (SSSR count). The summed E-state index contributed by atoms with van der Waals surface area (Å²) in [6.07, 6.45) is 4.65. The molecule has 24 heavy (non-hydrogen) atoms. The minimum atomic E-state index is -0.420. The molecule has 0 fully saturated rings. The number of aliphatic imine (C=N–C) groups is 1. The van der Waals surface area contributed by atoms with Crippen molar-refractivity contribution in [3.05, 3.63) is 41.6 Å². The number of amidine groups is 1. The van der Waals surface area contributed by atoms with Crippen molar-refractivity contribution >= 4 is 34.9 Å². The Hall–Kier alpha value is -2.74. The molecule has 1 amide bonds. The van der Waals surface area contributed by atoms with Crippen LogP contribution >= 0.6 is 11.8 Å². The summed E-state index contributed by atoms with van der Waals surface area (Å²) in [5.41, 5.74) is 1.11. The van der Waals surface area contributed by atoms with E-state index in [4.69, 9.17) is 9.47 Å². The van der Waals surface area contributed by atoms with E-state index >= 15 is 0 Å². The molecule has 0 aromatic heterocycles. The molecule has 0 saturated heterocycles. The Balaban J connectivity index is 1.65. The summed E-state index contributed by atoms with van der Waals surface area (Å²) in [6.45, 7) is 0.202. The summed E-state index contributed by atoms with van der Waals surface area (Å²) in [5.74, 6) is 1.13. The number of amides is 1. The largest absolute Gasteiger partial charge is 0.466 e. The van der Waals surface area contributed by atoms with E-state index < -0.39 is 5.97 Å². The second kappa shape index (κ2) is 7.22. The van der Waals surface area contributed by atoms with E-state index in [0.717, 1.165) is 5.56 Å². The molecule has 1 N–H and O–H groups in total. The highest BCUT2D eigenvalue weighted by Gasteiger charge is 2.20. The Morgan fingerprint density at radius 2 is 2.25 bits per heavy atom. The van der Waals surface area contributed by atoms with Gasteiger partial charge in [-0.2, -0.15) is 0 Å².